The van der Waals surface area contributed by atoms with E-state index in [1.165, 1.54) is 13.0 Å². The second-order valence-electron chi connectivity index (χ2n) is 3.35. The van der Waals surface area contributed by atoms with Crippen molar-refractivity contribution in [2.45, 2.75) is 12.5 Å². The number of nitrogens with zero attached hydrogens (tertiary/aromatic N) is 1. The Labute approximate surface area is 55.5 Å². The molecular weight excluding hydrogens is 114 g/mol. The van der Waals surface area contributed by atoms with Crippen molar-refractivity contribution in [2.24, 2.45) is 11.8 Å². The molecule has 2 fully saturated rings. The number of piperidine rings is 1. The van der Waals surface area contributed by atoms with Gasteiger partial charge in [-0.15, -0.1) is 0 Å². The van der Waals surface area contributed by atoms with Crippen LogP contribution in [0.5, 0.6) is 0 Å². The molecule has 52 valence electrons. The molecule has 0 unspecified atom stereocenters. The van der Waals surface area contributed by atoms with Crippen molar-refractivity contribution in [3.05, 3.63) is 0 Å². The summed E-state index contributed by atoms with van der Waals surface area (Å²) in [4.78, 5) is 2.28. The summed E-state index contributed by atoms with van der Waals surface area (Å²) in [5, 5.41) is 8.89. The summed E-state index contributed by atoms with van der Waals surface area (Å²) < 4.78 is 0. The molecule has 9 heavy (non-hydrogen) atoms. The third kappa shape index (κ3) is 0.700. The van der Waals surface area contributed by atoms with Gasteiger partial charge < -0.3 is 10.0 Å². The van der Waals surface area contributed by atoms with Gasteiger partial charge in [0.05, 0.1) is 6.61 Å². The molecule has 1 heterocycles. The summed E-state index contributed by atoms with van der Waals surface area (Å²) in [6.07, 6.45) is 1.37. The van der Waals surface area contributed by atoms with Gasteiger partial charge in [0.2, 0.25) is 0 Å². The van der Waals surface area contributed by atoms with Gasteiger partial charge in [-0.3, -0.25) is 0 Å². The molecule has 0 aromatic rings. The summed E-state index contributed by atoms with van der Waals surface area (Å²) in [5.41, 5.74) is 0. The molecule has 2 heteroatoms. The monoisotopic (exact) mass is 127 g/mol. The maximum Gasteiger partial charge on any atom is 0.0589 e. The third-order valence-corrected chi connectivity index (χ3v) is 2.75. The number of rotatable bonds is 1. The van der Waals surface area contributed by atoms with Crippen LogP contribution in [0.1, 0.15) is 6.42 Å². The first-order valence-corrected chi connectivity index (χ1v) is 3.64. The minimum Gasteiger partial charge on any atom is -0.395 e. The van der Waals surface area contributed by atoms with Gasteiger partial charge in [0.15, 0.2) is 0 Å². The van der Waals surface area contributed by atoms with Crippen LogP contribution in [0.3, 0.4) is 0 Å². The Balaban J connectivity index is 2.02. The van der Waals surface area contributed by atoms with Crippen LogP contribution in [0.15, 0.2) is 0 Å². The Morgan fingerprint density at radius 2 is 2.44 bits per heavy atom. The molecule has 0 amide bonds. The highest BCUT2D eigenvalue weighted by Crippen LogP contribution is 2.48. The van der Waals surface area contributed by atoms with Gasteiger partial charge in [-0.1, -0.05) is 0 Å². The number of hydrogen-bond donors (Lipinski definition) is 1. The molecule has 1 saturated carbocycles. The largest absolute Gasteiger partial charge is 0.395 e. The van der Waals surface area contributed by atoms with Crippen molar-refractivity contribution in [1.29, 1.82) is 0 Å². The van der Waals surface area contributed by atoms with Gasteiger partial charge in [-0.25, -0.2) is 0 Å². The fourth-order valence-electron chi connectivity index (χ4n) is 2.06. The van der Waals surface area contributed by atoms with Crippen LogP contribution in [0.4, 0.5) is 0 Å². The van der Waals surface area contributed by atoms with Crippen molar-refractivity contribution >= 4 is 0 Å². The predicted molar refractivity (Wildman–Crippen MR) is 35.1 cm³/mol. The van der Waals surface area contributed by atoms with Gasteiger partial charge >= 0.3 is 0 Å². The normalized spacial score (nSPS) is 49.3. The van der Waals surface area contributed by atoms with Crippen LogP contribution in [0.2, 0.25) is 0 Å². The summed E-state index contributed by atoms with van der Waals surface area (Å²) in [7, 11) is 2.10. The first kappa shape index (κ1) is 5.69. The van der Waals surface area contributed by atoms with E-state index in [0.717, 1.165) is 11.8 Å². The molecule has 1 saturated heterocycles. The van der Waals surface area contributed by atoms with Crippen LogP contribution in [-0.4, -0.2) is 36.2 Å². The van der Waals surface area contributed by atoms with E-state index in [0.29, 0.717) is 12.6 Å². The highest BCUT2D eigenvalue weighted by molar-refractivity contribution is 5.02. The van der Waals surface area contributed by atoms with Gasteiger partial charge in [0.1, 0.15) is 0 Å². The van der Waals surface area contributed by atoms with Crippen LogP contribution >= 0.6 is 0 Å². The number of likely N-dealkylation sites (N-methyl/N-ethyl adjacent to an activating group) is 1. The van der Waals surface area contributed by atoms with Crippen molar-refractivity contribution in [3.63, 3.8) is 0 Å². The summed E-state index contributed by atoms with van der Waals surface area (Å²) in [5.74, 6) is 1.78. The Kier molecular flexibility index (Phi) is 1.08. The van der Waals surface area contributed by atoms with Crippen molar-refractivity contribution < 1.29 is 5.11 Å². The van der Waals surface area contributed by atoms with Crippen molar-refractivity contribution in [2.75, 3.05) is 20.2 Å². The molecule has 0 spiro atoms. The second-order valence-corrected chi connectivity index (χ2v) is 3.35. The highest BCUT2D eigenvalue weighted by Gasteiger charge is 2.50. The lowest BCUT2D eigenvalue weighted by molar-refractivity contribution is 0.160. The van der Waals surface area contributed by atoms with Crippen molar-refractivity contribution in [3.8, 4) is 0 Å². The zero-order valence-corrected chi connectivity index (χ0v) is 5.75. The van der Waals surface area contributed by atoms with Gasteiger partial charge in [0, 0.05) is 12.6 Å². The van der Waals surface area contributed by atoms with E-state index in [9.17, 15) is 0 Å². The fourth-order valence-corrected chi connectivity index (χ4v) is 2.06. The molecule has 1 aliphatic heterocycles. The SMILES string of the molecule is CN1C[C@@H]2C[C@@H]2[C@@H]1CO. The molecule has 0 bridgehead atoms. The van der Waals surface area contributed by atoms with Crippen molar-refractivity contribution in [1.82, 2.24) is 4.90 Å². The first-order chi connectivity index (χ1) is 4.33. The number of hydrogen-bond acceptors (Lipinski definition) is 2. The topological polar surface area (TPSA) is 23.5 Å². The standard InChI is InChI=1S/C7H13NO/c1-8-3-5-2-6(5)7(8)4-9/h5-7,9H,2-4H2,1H3/t5-,6-,7-/m0/s1. The lowest BCUT2D eigenvalue weighted by Crippen LogP contribution is -2.32. The summed E-state index contributed by atoms with van der Waals surface area (Å²) in [6.45, 7) is 1.58. The molecular formula is C7H13NO. The number of aliphatic hydroxyl groups excluding tert-OH is 1. The zero-order chi connectivity index (χ0) is 6.43. The Hall–Kier alpha value is -0.0800. The maximum absolute atomic E-state index is 8.89. The van der Waals surface area contributed by atoms with Crippen LogP contribution in [0.25, 0.3) is 0 Å². The van der Waals surface area contributed by atoms with Gasteiger partial charge in [0.25, 0.3) is 0 Å². The van der Waals surface area contributed by atoms with Crippen LogP contribution in [-0.2, 0) is 0 Å². The molecule has 2 nitrogen and oxygen atoms in total. The van der Waals surface area contributed by atoms with Gasteiger partial charge in [-0.05, 0) is 25.3 Å². The second kappa shape index (κ2) is 1.70. The van der Waals surface area contributed by atoms with E-state index >= 15 is 0 Å². The van der Waals surface area contributed by atoms with E-state index in [1.807, 2.05) is 0 Å². The molecule has 2 aliphatic rings. The van der Waals surface area contributed by atoms with E-state index < -0.39 is 0 Å². The average molecular weight is 127 g/mol. The Bertz CT molecular complexity index is 124. The van der Waals surface area contributed by atoms with E-state index in [4.69, 9.17) is 5.11 Å². The number of likely N-dealkylation sites (tertiary alicyclic amines) is 1. The third-order valence-electron chi connectivity index (χ3n) is 2.75. The number of aliphatic hydroxyl groups is 1. The molecule has 0 aromatic heterocycles. The summed E-state index contributed by atoms with van der Waals surface area (Å²) >= 11 is 0. The highest BCUT2D eigenvalue weighted by atomic mass is 16.3. The van der Waals surface area contributed by atoms with E-state index in [1.54, 1.807) is 0 Å². The maximum atomic E-state index is 8.89. The molecule has 1 aliphatic carbocycles. The average Bonchev–Trinajstić information content (AvgIpc) is 2.45. The lowest BCUT2D eigenvalue weighted by atomic mass is 10.2. The number of fused-ring (bicyclic) bond motifs is 1. The van der Waals surface area contributed by atoms with E-state index in [2.05, 4.69) is 11.9 Å². The van der Waals surface area contributed by atoms with Gasteiger partial charge in [-0.2, -0.15) is 0 Å². The van der Waals surface area contributed by atoms with Crippen LogP contribution in [0, 0.1) is 11.8 Å². The fraction of sp³-hybridized carbons (Fsp3) is 1.00. The first-order valence-electron chi connectivity index (χ1n) is 3.64. The molecule has 1 N–H and O–H groups in total. The molecule has 3 atom stereocenters. The predicted octanol–water partition coefficient (Wildman–Crippen LogP) is -0.0712. The Morgan fingerprint density at radius 1 is 1.67 bits per heavy atom. The molecule has 0 aromatic carbocycles. The van der Waals surface area contributed by atoms with E-state index in [-0.39, 0.29) is 0 Å². The molecule has 2 rings (SSSR count). The minimum atomic E-state index is 0.359. The minimum absolute atomic E-state index is 0.359. The lowest BCUT2D eigenvalue weighted by Gasteiger charge is -2.19. The Morgan fingerprint density at radius 3 is 2.78 bits per heavy atom. The smallest absolute Gasteiger partial charge is 0.0589 e. The quantitative estimate of drug-likeness (QED) is 0.533. The van der Waals surface area contributed by atoms with Crippen LogP contribution < -0.4 is 0 Å². The molecule has 0 radical (unpaired) electrons. The summed E-state index contributed by atoms with van der Waals surface area (Å²) in [6, 6.07) is 0.495. The zero-order valence-electron chi connectivity index (χ0n) is 5.75.